The van der Waals surface area contributed by atoms with E-state index >= 15 is 0 Å². The third-order valence-corrected chi connectivity index (χ3v) is 5.34. The molecule has 2 N–H and O–H groups in total. The molecular weight excluding hydrogens is 236 g/mol. The van der Waals surface area contributed by atoms with Gasteiger partial charge in [-0.15, -0.1) is 0 Å². The molecule has 110 valence electrons. The number of carbonyl (C=O) groups is 1. The van der Waals surface area contributed by atoms with E-state index < -0.39 is 0 Å². The Labute approximate surface area is 117 Å². The number of carbonyl (C=O) groups excluding carboxylic acids is 1. The molecule has 1 saturated heterocycles. The Morgan fingerprint density at radius 3 is 2.42 bits per heavy atom. The maximum absolute atomic E-state index is 12.3. The quantitative estimate of drug-likeness (QED) is 0.854. The first kappa shape index (κ1) is 14.8. The van der Waals surface area contributed by atoms with E-state index in [-0.39, 0.29) is 0 Å². The first-order valence-corrected chi connectivity index (χ1v) is 8.09. The van der Waals surface area contributed by atoms with E-state index in [1.54, 1.807) is 0 Å². The van der Waals surface area contributed by atoms with Crippen LogP contribution in [0.25, 0.3) is 0 Å². The van der Waals surface area contributed by atoms with Crippen LogP contribution in [-0.4, -0.2) is 29.9 Å². The highest BCUT2D eigenvalue weighted by Crippen LogP contribution is 2.28. The molecule has 1 aliphatic heterocycles. The molecule has 2 atom stereocenters. The van der Waals surface area contributed by atoms with Gasteiger partial charge in [0.05, 0.1) is 0 Å². The van der Waals surface area contributed by atoms with Crippen LogP contribution in [0.3, 0.4) is 0 Å². The average molecular weight is 266 g/mol. The van der Waals surface area contributed by atoms with Crippen molar-refractivity contribution in [3.63, 3.8) is 0 Å². The summed E-state index contributed by atoms with van der Waals surface area (Å²) < 4.78 is 0. The number of hydrogen-bond donors (Lipinski definition) is 1. The van der Waals surface area contributed by atoms with Crippen LogP contribution in [0.4, 0.5) is 0 Å². The van der Waals surface area contributed by atoms with Crippen LogP contribution in [0, 0.1) is 17.8 Å². The minimum atomic E-state index is 0.383. The number of hydrogen-bond acceptors (Lipinski definition) is 2. The maximum atomic E-state index is 12.3. The van der Waals surface area contributed by atoms with E-state index in [0.29, 0.717) is 17.9 Å². The molecule has 19 heavy (non-hydrogen) atoms. The van der Waals surface area contributed by atoms with Crippen molar-refractivity contribution in [3.8, 4) is 0 Å². The van der Waals surface area contributed by atoms with Crippen molar-refractivity contribution in [2.45, 2.75) is 64.8 Å². The van der Waals surface area contributed by atoms with Gasteiger partial charge in [0.15, 0.2) is 0 Å². The molecule has 3 heteroatoms. The molecular formula is C16H30N2O. The molecule has 0 aromatic rings. The lowest BCUT2D eigenvalue weighted by molar-refractivity contribution is -0.133. The summed E-state index contributed by atoms with van der Waals surface area (Å²) in [5.41, 5.74) is 5.92. The van der Waals surface area contributed by atoms with Gasteiger partial charge in [0.2, 0.25) is 5.91 Å². The van der Waals surface area contributed by atoms with E-state index in [2.05, 4.69) is 18.7 Å². The maximum Gasteiger partial charge on any atom is 0.222 e. The monoisotopic (exact) mass is 266 g/mol. The van der Waals surface area contributed by atoms with Gasteiger partial charge < -0.3 is 10.6 Å². The molecule has 0 radical (unpaired) electrons. The van der Waals surface area contributed by atoms with Gasteiger partial charge in [-0.2, -0.15) is 0 Å². The van der Waals surface area contributed by atoms with Crippen LogP contribution in [-0.2, 0) is 4.79 Å². The number of likely N-dealkylation sites (tertiary alicyclic amines) is 1. The minimum Gasteiger partial charge on any atom is -0.342 e. The second-order valence-electron chi connectivity index (χ2n) is 6.90. The van der Waals surface area contributed by atoms with Gasteiger partial charge in [0.25, 0.3) is 0 Å². The molecule has 1 saturated carbocycles. The standard InChI is InChI=1S/C16H30N2O/c1-12-9-10-18(11-13(12)2)16(19)8-5-14-3-6-15(17)7-4-14/h12-15H,3-11,17H2,1-2H3. The van der Waals surface area contributed by atoms with Crippen LogP contribution < -0.4 is 5.73 Å². The van der Waals surface area contributed by atoms with Gasteiger partial charge in [-0.3, -0.25) is 4.79 Å². The molecule has 1 heterocycles. The zero-order valence-electron chi connectivity index (χ0n) is 12.6. The summed E-state index contributed by atoms with van der Waals surface area (Å²) in [6, 6.07) is 0.413. The number of amides is 1. The summed E-state index contributed by atoms with van der Waals surface area (Å²) in [7, 11) is 0. The molecule has 1 amide bonds. The van der Waals surface area contributed by atoms with Crippen LogP contribution in [0.2, 0.25) is 0 Å². The van der Waals surface area contributed by atoms with Crippen LogP contribution >= 0.6 is 0 Å². The lowest BCUT2D eigenvalue weighted by Gasteiger charge is -2.35. The molecule has 1 aliphatic carbocycles. The highest BCUT2D eigenvalue weighted by atomic mass is 16.2. The Hall–Kier alpha value is -0.570. The third-order valence-electron chi connectivity index (χ3n) is 5.34. The topological polar surface area (TPSA) is 46.3 Å². The van der Waals surface area contributed by atoms with Gasteiger partial charge in [-0.25, -0.2) is 0 Å². The van der Waals surface area contributed by atoms with Crippen molar-refractivity contribution >= 4 is 5.91 Å². The molecule has 3 nitrogen and oxygen atoms in total. The van der Waals surface area contributed by atoms with E-state index in [1.165, 1.54) is 19.3 Å². The van der Waals surface area contributed by atoms with Gasteiger partial charge in [-0.05, 0) is 56.3 Å². The van der Waals surface area contributed by atoms with E-state index in [4.69, 9.17) is 5.73 Å². The zero-order valence-corrected chi connectivity index (χ0v) is 12.6. The van der Waals surface area contributed by atoms with Crippen molar-refractivity contribution < 1.29 is 4.79 Å². The summed E-state index contributed by atoms with van der Waals surface area (Å²) in [5, 5.41) is 0. The fraction of sp³-hybridized carbons (Fsp3) is 0.938. The van der Waals surface area contributed by atoms with Crippen molar-refractivity contribution in [1.29, 1.82) is 0 Å². The summed E-state index contributed by atoms with van der Waals surface area (Å²) in [4.78, 5) is 14.4. The Balaban J connectivity index is 1.69. The smallest absolute Gasteiger partial charge is 0.222 e. The van der Waals surface area contributed by atoms with E-state index in [0.717, 1.165) is 50.6 Å². The lowest BCUT2D eigenvalue weighted by Crippen LogP contribution is -2.42. The predicted octanol–water partition coefficient (Wildman–Crippen LogP) is 2.79. The largest absolute Gasteiger partial charge is 0.342 e. The SMILES string of the molecule is CC1CCN(C(=O)CCC2CCC(N)CC2)CC1C. The number of rotatable bonds is 3. The predicted molar refractivity (Wildman–Crippen MR) is 78.7 cm³/mol. The molecule has 2 fully saturated rings. The fourth-order valence-corrected chi connectivity index (χ4v) is 3.45. The Kier molecular flexibility index (Phi) is 5.26. The number of nitrogens with zero attached hydrogens (tertiary/aromatic N) is 1. The van der Waals surface area contributed by atoms with Crippen molar-refractivity contribution in [3.05, 3.63) is 0 Å². The Morgan fingerprint density at radius 1 is 1.11 bits per heavy atom. The summed E-state index contributed by atoms with van der Waals surface area (Å²) in [6.45, 7) is 6.51. The van der Waals surface area contributed by atoms with Crippen molar-refractivity contribution in [2.75, 3.05) is 13.1 Å². The van der Waals surface area contributed by atoms with Crippen LogP contribution in [0.1, 0.15) is 58.8 Å². The van der Waals surface area contributed by atoms with Gasteiger partial charge >= 0.3 is 0 Å². The second-order valence-corrected chi connectivity index (χ2v) is 6.90. The molecule has 0 aromatic heterocycles. The van der Waals surface area contributed by atoms with E-state index in [9.17, 15) is 4.79 Å². The van der Waals surface area contributed by atoms with Gasteiger partial charge in [0.1, 0.15) is 0 Å². The van der Waals surface area contributed by atoms with Gasteiger partial charge in [-0.1, -0.05) is 13.8 Å². The molecule has 0 bridgehead atoms. The third kappa shape index (κ3) is 4.20. The van der Waals surface area contributed by atoms with Crippen molar-refractivity contribution in [1.82, 2.24) is 4.90 Å². The second kappa shape index (κ2) is 6.74. The summed E-state index contributed by atoms with van der Waals surface area (Å²) in [5.74, 6) is 2.55. The lowest BCUT2D eigenvalue weighted by atomic mass is 9.83. The minimum absolute atomic E-state index is 0.383. The number of nitrogens with two attached hydrogens (primary N) is 1. The van der Waals surface area contributed by atoms with Crippen LogP contribution in [0.5, 0.6) is 0 Å². The first-order chi connectivity index (χ1) is 9.06. The Bertz CT molecular complexity index is 297. The molecule has 2 aliphatic rings. The molecule has 2 unspecified atom stereocenters. The zero-order chi connectivity index (χ0) is 13.8. The summed E-state index contributed by atoms with van der Waals surface area (Å²) >= 11 is 0. The van der Waals surface area contributed by atoms with Gasteiger partial charge in [0, 0.05) is 25.6 Å². The highest BCUT2D eigenvalue weighted by Gasteiger charge is 2.26. The average Bonchev–Trinajstić information content (AvgIpc) is 2.41. The summed E-state index contributed by atoms with van der Waals surface area (Å²) in [6.07, 6.45) is 7.75. The highest BCUT2D eigenvalue weighted by molar-refractivity contribution is 5.76. The van der Waals surface area contributed by atoms with E-state index in [1.807, 2.05) is 0 Å². The van der Waals surface area contributed by atoms with Crippen LogP contribution in [0.15, 0.2) is 0 Å². The number of piperidine rings is 1. The van der Waals surface area contributed by atoms with Crippen molar-refractivity contribution in [2.24, 2.45) is 23.5 Å². The molecule has 2 rings (SSSR count). The normalized spacial score (nSPS) is 36.3. The Morgan fingerprint density at radius 2 is 1.79 bits per heavy atom. The molecule has 0 spiro atoms. The first-order valence-electron chi connectivity index (χ1n) is 8.09. The fourth-order valence-electron chi connectivity index (χ4n) is 3.45. The molecule has 0 aromatic carbocycles.